The van der Waals surface area contributed by atoms with Crippen molar-refractivity contribution in [1.82, 2.24) is 9.55 Å². The van der Waals surface area contributed by atoms with Gasteiger partial charge in [0.05, 0.1) is 11.0 Å². The van der Waals surface area contributed by atoms with Crippen molar-refractivity contribution in [3.05, 3.63) is 28.0 Å². The van der Waals surface area contributed by atoms with Crippen molar-refractivity contribution in [1.29, 1.82) is 0 Å². The number of imidazole rings is 1. The second-order valence-electron chi connectivity index (χ2n) is 5.17. The Kier molecular flexibility index (Phi) is 3.04. The van der Waals surface area contributed by atoms with E-state index in [1.54, 1.807) is 0 Å². The highest BCUT2D eigenvalue weighted by Crippen LogP contribution is 2.29. The predicted molar refractivity (Wildman–Crippen MR) is 75.2 cm³/mol. The number of aryl methyl sites for hydroxylation is 2. The minimum Gasteiger partial charge on any atom is -0.330 e. The van der Waals surface area contributed by atoms with Crippen molar-refractivity contribution in [2.75, 3.05) is 6.54 Å². The van der Waals surface area contributed by atoms with Gasteiger partial charge in [-0.1, -0.05) is 29.8 Å². The largest absolute Gasteiger partial charge is 0.330 e. The number of halogens is 1. The zero-order valence-corrected chi connectivity index (χ0v) is 12.3. The van der Waals surface area contributed by atoms with Gasteiger partial charge in [0.2, 0.25) is 0 Å². The average Bonchev–Trinajstić information content (AvgIpc) is 2.56. The van der Waals surface area contributed by atoms with Crippen LogP contribution in [0.15, 0.2) is 16.6 Å². The molecule has 3 nitrogen and oxygen atoms in total. The number of fused-ring (bicyclic) bond motifs is 1. The lowest BCUT2D eigenvalue weighted by Crippen LogP contribution is -2.31. The molecule has 0 aliphatic rings. The molecule has 2 rings (SSSR count). The van der Waals surface area contributed by atoms with Gasteiger partial charge in [-0.3, -0.25) is 0 Å². The molecule has 1 aromatic heterocycles. The van der Waals surface area contributed by atoms with E-state index in [1.165, 1.54) is 11.1 Å². The predicted octanol–water partition coefficient (Wildman–Crippen LogP) is 2.88. The summed E-state index contributed by atoms with van der Waals surface area (Å²) in [6.45, 7) is 6.94. The average molecular weight is 296 g/mol. The molecule has 0 unspecified atom stereocenters. The van der Waals surface area contributed by atoms with Crippen molar-refractivity contribution in [3.63, 3.8) is 0 Å². The zero-order chi connectivity index (χ0) is 12.8. The summed E-state index contributed by atoms with van der Waals surface area (Å²) in [7, 11) is 2.06. The third kappa shape index (κ3) is 2.00. The first-order chi connectivity index (χ1) is 7.86. The van der Waals surface area contributed by atoms with Gasteiger partial charge in [-0.15, -0.1) is 0 Å². The molecule has 0 spiro atoms. The molecule has 0 saturated heterocycles. The first-order valence-electron chi connectivity index (χ1n) is 5.70. The Balaban J connectivity index is 2.78. The normalized spacial score (nSPS) is 12.4. The highest BCUT2D eigenvalue weighted by Gasteiger charge is 2.25. The Hall–Kier alpha value is -0.870. The molecule has 0 aliphatic heterocycles. The molecule has 0 aliphatic carbocycles. The van der Waals surface area contributed by atoms with Gasteiger partial charge >= 0.3 is 0 Å². The van der Waals surface area contributed by atoms with Crippen LogP contribution in [-0.2, 0) is 12.5 Å². The Morgan fingerprint density at radius 2 is 2.06 bits per heavy atom. The van der Waals surface area contributed by atoms with Gasteiger partial charge in [0.15, 0.2) is 0 Å². The van der Waals surface area contributed by atoms with Gasteiger partial charge in [0.25, 0.3) is 0 Å². The first-order valence-corrected chi connectivity index (χ1v) is 6.49. The van der Waals surface area contributed by atoms with Crippen molar-refractivity contribution in [2.24, 2.45) is 12.8 Å². The SMILES string of the molecule is Cc1cc(Br)cc2nc(C(C)(C)CN)n(C)c12. The Morgan fingerprint density at radius 3 is 2.65 bits per heavy atom. The highest BCUT2D eigenvalue weighted by atomic mass is 79.9. The van der Waals surface area contributed by atoms with Crippen molar-refractivity contribution >= 4 is 27.0 Å². The maximum Gasteiger partial charge on any atom is 0.116 e. The van der Waals surface area contributed by atoms with Crippen LogP contribution >= 0.6 is 15.9 Å². The van der Waals surface area contributed by atoms with Crippen LogP contribution in [0.5, 0.6) is 0 Å². The lowest BCUT2D eigenvalue weighted by atomic mass is 9.93. The van der Waals surface area contributed by atoms with Crippen LogP contribution in [-0.4, -0.2) is 16.1 Å². The van der Waals surface area contributed by atoms with E-state index in [2.05, 4.69) is 60.4 Å². The van der Waals surface area contributed by atoms with E-state index in [-0.39, 0.29) is 5.41 Å². The van der Waals surface area contributed by atoms with Gasteiger partial charge in [0.1, 0.15) is 5.82 Å². The summed E-state index contributed by atoms with van der Waals surface area (Å²) < 4.78 is 3.22. The fourth-order valence-electron chi connectivity index (χ4n) is 2.23. The Bertz CT molecular complexity index is 570. The molecule has 0 bridgehead atoms. The summed E-state index contributed by atoms with van der Waals surface area (Å²) in [5, 5.41) is 0. The van der Waals surface area contributed by atoms with Gasteiger partial charge < -0.3 is 10.3 Å². The topological polar surface area (TPSA) is 43.8 Å². The van der Waals surface area contributed by atoms with E-state index in [0.29, 0.717) is 6.54 Å². The molecular weight excluding hydrogens is 278 g/mol. The molecule has 92 valence electrons. The van der Waals surface area contributed by atoms with E-state index < -0.39 is 0 Å². The number of rotatable bonds is 2. The lowest BCUT2D eigenvalue weighted by molar-refractivity contribution is 0.487. The van der Waals surface area contributed by atoms with Crippen LogP contribution in [0.3, 0.4) is 0 Å². The third-order valence-corrected chi connectivity index (χ3v) is 3.70. The van der Waals surface area contributed by atoms with Crippen LogP contribution in [0.2, 0.25) is 0 Å². The summed E-state index contributed by atoms with van der Waals surface area (Å²) >= 11 is 3.51. The second kappa shape index (κ2) is 4.10. The minimum absolute atomic E-state index is 0.104. The number of nitrogens with two attached hydrogens (primary N) is 1. The minimum atomic E-state index is -0.104. The Morgan fingerprint density at radius 1 is 1.41 bits per heavy atom. The van der Waals surface area contributed by atoms with Gasteiger partial charge in [-0.05, 0) is 24.6 Å². The second-order valence-corrected chi connectivity index (χ2v) is 6.09. The van der Waals surface area contributed by atoms with Gasteiger partial charge in [-0.25, -0.2) is 4.98 Å². The van der Waals surface area contributed by atoms with Crippen LogP contribution in [0.4, 0.5) is 0 Å². The molecule has 0 saturated carbocycles. The molecule has 17 heavy (non-hydrogen) atoms. The van der Waals surface area contributed by atoms with E-state index >= 15 is 0 Å². The van der Waals surface area contributed by atoms with E-state index in [1.807, 2.05) is 0 Å². The van der Waals surface area contributed by atoms with Crippen LogP contribution in [0, 0.1) is 6.92 Å². The fourth-order valence-corrected chi connectivity index (χ4v) is 2.79. The number of benzene rings is 1. The van der Waals surface area contributed by atoms with E-state index in [4.69, 9.17) is 10.7 Å². The van der Waals surface area contributed by atoms with E-state index in [0.717, 1.165) is 15.8 Å². The third-order valence-electron chi connectivity index (χ3n) is 3.24. The number of nitrogens with zero attached hydrogens (tertiary/aromatic N) is 2. The monoisotopic (exact) mass is 295 g/mol. The van der Waals surface area contributed by atoms with Crippen LogP contribution in [0.1, 0.15) is 25.2 Å². The number of hydrogen-bond acceptors (Lipinski definition) is 2. The standard InChI is InChI=1S/C13H18BrN3/c1-8-5-9(14)6-10-11(8)17(4)12(16-10)13(2,3)7-15/h5-6H,7,15H2,1-4H3. The maximum absolute atomic E-state index is 5.83. The molecule has 1 heterocycles. The quantitative estimate of drug-likeness (QED) is 0.926. The summed E-state index contributed by atoms with van der Waals surface area (Å²) in [5.41, 5.74) is 9.16. The van der Waals surface area contributed by atoms with Crippen molar-refractivity contribution in [3.8, 4) is 0 Å². The molecule has 0 atom stereocenters. The summed E-state index contributed by atoms with van der Waals surface area (Å²) in [4.78, 5) is 4.73. The molecule has 2 aromatic rings. The molecule has 1 aromatic carbocycles. The lowest BCUT2D eigenvalue weighted by Gasteiger charge is -2.21. The van der Waals surface area contributed by atoms with Crippen LogP contribution < -0.4 is 5.73 Å². The molecule has 2 N–H and O–H groups in total. The van der Waals surface area contributed by atoms with Crippen LogP contribution in [0.25, 0.3) is 11.0 Å². The van der Waals surface area contributed by atoms with Crippen molar-refractivity contribution < 1.29 is 0 Å². The zero-order valence-electron chi connectivity index (χ0n) is 10.7. The highest BCUT2D eigenvalue weighted by molar-refractivity contribution is 9.10. The summed E-state index contributed by atoms with van der Waals surface area (Å²) in [6, 6.07) is 4.17. The first kappa shape index (κ1) is 12.6. The summed E-state index contributed by atoms with van der Waals surface area (Å²) in [6.07, 6.45) is 0. The maximum atomic E-state index is 5.83. The number of hydrogen-bond donors (Lipinski definition) is 1. The fraction of sp³-hybridized carbons (Fsp3) is 0.462. The molecule has 0 radical (unpaired) electrons. The van der Waals surface area contributed by atoms with Gasteiger partial charge in [0, 0.05) is 23.5 Å². The molecular formula is C13H18BrN3. The molecule has 0 fully saturated rings. The van der Waals surface area contributed by atoms with E-state index in [9.17, 15) is 0 Å². The molecule has 0 amide bonds. The molecule has 4 heteroatoms. The summed E-state index contributed by atoms with van der Waals surface area (Å²) in [5.74, 6) is 1.04. The smallest absolute Gasteiger partial charge is 0.116 e. The van der Waals surface area contributed by atoms with Crippen molar-refractivity contribution in [2.45, 2.75) is 26.2 Å². The number of aromatic nitrogens is 2. The Labute approximate surface area is 110 Å². The van der Waals surface area contributed by atoms with Gasteiger partial charge in [-0.2, -0.15) is 0 Å².